The summed E-state index contributed by atoms with van der Waals surface area (Å²) in [6.07, 6.45) is 2.09. The number of ketones is 1. The average molecular weight is 401 g/mol. The number of amides is 1. The predicted octanol–water partition coefficient (Wildman–Crippen LogP) is 2.82. The summed E-state index contributed by atoms with van der Waals surface area (Å²) >= 11 is 0. The van der Waals surface area contributed by atoms with E-state index >= 15 is 0 Å². The third-order valence-corrected chi connectivity index (χ3v) is 4.57. The molecule has 1 fully saturated rings. The van der Waals surface area contributed by atoms with Crippen LogP contribution in [0.3, 0.4) is 0 Å². The van der Waals surface area contributed by atoms with Gasteiger partial charge in [-0.1, -0.05) is 0 Å². The maximum Gasteiger partial charge on any atom is 0.407 e. The summed E-state index contributed by atoms with van der Waals surface area (Å²) < 4.78 is 16.2. The number of carbonyl (C=O) groups is 2. The topological polar surface area (TPSA) is 99.6 Å². The highest BCUT2D eigenvalue weighted by Gasteiger charge is 2.29. The van der Waals surface area contributed by atoms with Crippen molar-refractivity contribution in [1.82, 2.24) is 15.3 Å². The molecule has 2 aromatic heterocycles. The van der Waals surface area contributed by atoms with E-state index in [-0.39, 0.29) is 24.9 Å². The molecule has 0 aliphatic carbocycles. The van der Waals surface area contributed by atoms with Gasteiger partial charge in [0.2, 0.25) is 5.88 Å². The van der Waals surface area contributed by atoms with Crippen LogP contribution < -0.4 is 10.1 Å². The van der Waals surface area contributed by atoms with Crippen molar-refractivity contribution in [2.75, 3.05) is 13.7 Å². The number of pyridine rings is 2. The van der Waals surface area contributed by atoms with Crippen LogP contribution >= 0.6 is 0 Å². The number of hydrogen-bond acceptors (Lipinski definition) is 7. The number of ether oxygens (including phenoxy) is 3. The highest BCUT2D eigenvalue weighted by atomic mass is 16.6. The normalized spacial score (nSPS) is 19.6. The van der Waals surface area contributed by atoms with E-state index in [9.17, 15) is 9.59 Å². The molecule has 1 aliphatic heterocycles. The molecule has 0 aromatic carbocycles. The molecular formula is C21H27N3O5. The van der Waals surface area contributed by atoms with E-state index in [0.717, 1.165) is 5.56 Å². The molecule has 0 radical (unpaired) electrons. The maximum absolute atomic E-state index is 12.8. The monoisotopic (exact) mass is 401 g/mol. The van der Waals surface area contributed by atoms with Crippen molar-refractivity contribution < 1.29 is 23.8 Å². The molecule has 2 atom stereocenters. The van der Waals surface area contributed by atoms with Crippen molar-refractivity contribution >= 4 is 22.9 Å². The molecule has 8 heteroatoms. The quantitative estimate of drug-likeness (QED) is 0.822. The highest BCUT2D eigenvalue weighted by Crippen LogP contribution is 2.22. The van der Waals surface area contributed by atoms with Gasteiger partial charge < -0.3 is 19.5 Å². The van der Waals surface area contributed by atoms with Crippen molar-refractivity contribution in [3.05, 3.63) is 30.0 Å². The Kier molecular flexibility index (Phi) is 6.32. The van der Waals surface area contributed by atoms with Crippen molar-refractivity contribution in [2.45, 2.75) is 57.8 Å². The van der Waals surface area contributed by atoms with Crippen LogP contribution in [-0.2, 0) is 20.7 Å². The number of nitrogens with zero attached hydrogens (tertiary/aromatic N) is 2. The molecule has 1 saturated heterocycles. The number of aromatic nitrogens is 2. The number of carbonyl (C=O) groups excluding carboxylic acids is 2. The first kappa shape index (κ1) is 21.0. The first-order valence-corrected chi connectivity index (χ1v) is 9.67. The van der Waals surface area contributed by atoms with Gasteiger partial charge >= 0.3 is 6.09 Å². The van der Waals surface area contributed by atoms with Crippen LogP contribution in [0.25, 0.3) is 11.0 Å². The van der Waals surface area contributed by atoms with E-state index in [4.69, 9.17) is 14.2 Å². The number of Topliss-reactive ketones (excluding diaryl/α,β-unsaturated/α-hetero) is 1. The summed E-state index contributed by atoms with van der Waals surface area (Å²) in [5, 5.41) is 2.79. The first-order valence-electron chi connectivity index (χ1n) is 9.67. The van der Waals surface area contributed by atoms with Gasteiger partial charge in [0.15, 0.2) is 5.78 Å². The number of hydrogen-bond donors (Lipinski definition) is 1. The lowest BCUT2D eigenvalue weighted by Gasteiger charge is -2.29. The number of fused-ring (bicyclic) bond motifs is 1. The van der Waals surface area contributed by atoms with Crippen LogP contribution in [-0.4, -0.2) is 53.3 Å². The zero-order valence-corrected chi connectivity index (χ0v) is 17.2. The highest BCUT2D eigenvalue weighted by molar-refractivity contribution is 5.89. The van der Waals surface area contributed by atoms with E-state index in [2.05, 4.69) is 15.3 Å². The number of rotatable bonds is 5. The number of methoxy groups -OCH3 is 1. The van der Waals surface area contributed by atoms with E-state index < -0.39 is 17.8 Å². The van der Waals surface area contributed by atoms with Gasteiger partial charge in [0, 0.05) is 18.7 Å². The number of nitrogens with one attached hydrogen (secondary N) is 1. The van der Waals surface area contributed by atoms with Crippen LogP contribution in [0.5, 0.6) is 5.88 Å². The lowest BCUT2D eigenvalue weighted by atomic mass is 9.97. The molecule has 1 amide bonds. The fourth-order valence-corrected chi connectivity index (χ4v) is 3.21. The van der Waals surface area contributed by atoms with Crippen molar-refractivity contribution in [3.63, 3.8) is 0 Å². The molecule has 2 aromatic rings. The second-order valence-corrected chi connectivity index (χ2v) is 8.08. The van der Waals surface area contributed by atoms with Crippen molar-refractivity contribution in [3.8, 4) is 5.88 Å². The molecule has 29 heavy (non-hydrogen) atoms. The minimum atomic E-state index is -0.553. The largest absolute Gasteiger partial charge is 0.481 e. The van der Waals surface area contributed by atoms with Gasteiger partial charge in [0.05, 0.1) is 30.8 Å². The Morgan fingerprint density at radius 2 is 2.03 bits per heavy atom. The van der Waals surface area contributed by atoms with Gasteiger partial charge in [-0.05, 0) is 51.3 Å². The summed E-state index contributed by atoms with van der Waals surface area (Å²) in [7, 11) is 1.55. The Hall–Kier alpha value is -2.74. The van der Waals surface area contributed by atoms with Gasteiger partial charge in [-0.2, -0.15) is 0 Å². The predicted molar refractivity (Wildman–Crippen MR) is 107 cm³/mol. The summed E-state index contributed by atoms with van der Waals surface area (Å²) in [6, 6.07) is 5.19. The molecule has 2 unspecified atom stereocenters. The van der Waals surface area contributed by atoms with Crippen LogP contribution in [0.1, 0.15) is 39.2 Å². The Balaban J connectivity index is 1.58. The lowest BCUT2D eigenvalue weighted by Crippen LogP contribution is -2.46. The summed E-state index contributed by atoms with van der Waals surface area (Å²) in [6.45, 7) is 5.71. The molecule has 3 rings (SSSR count). The minimum Gasteiger partial charge on any atom is -0.481 e. The standard InChI is InChI=1S/C21H27N3O5/c1-21(2,3)29-20(26)23-14-5-7-17(28-12-14)16(25)11-13-9-10-22-15-6-8-18(27-4)24-19(13)15/h6,8-10,14,17H,5,7,11-12H2,1-4H3,(H,23,26). The van der Waals surface area contributed by atoms with Gasteiger partial charge in [-0.15, -0.1) is 0 Å². The molecular weight excluding hydrogens is 374 g/mol. The van der Waals surface area contributed by atoms with Crippen molar-refractivity contribution in [1.29, 1.82) is 0 Å². The smallest absolute Gasteiger partial charge is 0.407 e. The third-order valence-electron chi connectivity index (χ3n) is 4.57. The van der Waals surface area contributed by atoms with Crippen LogP contribution in [0, 0.1) is 0 Å². The molecule has 0 spiro atoms. The number of alkyl carbamates (subject to hydrolysis) is 1. The average Bonchev–Trinajstić information content (AvgIpc) is 2.67. The molecule has 0 bridgehead atoms. The Labute approximate surface area is 170 Å². The first-order chi connectivity index (χ1) is 13.7. The van der Waals surface area contributed by atoms with E-state index in [0.29, 0.717) is 29.8 Å². The summed E-state index contributed by atoms with van der Waals surface area (Å²) in [5.74, 6) is 0.460. The Morgan fingerprint density at radius 1 is 1.24 bits per heavy atom. The zero-order valence-electron chi connectivity index (χ0n) is 17.2. The van der Waals surface area contributed by atoms with Gasteiger partial charge in [-0.25, -0.2) is 9.78 Å². The molecule has 8 nitrogen and oxygen atoms in total. The van der Waals surface area contributed by atoms with Crippen LogP contribution in [0.15, 0.2) is 24.4 Å². The second-order valence-electron chi connectivity index (χ2n) is 8.08. The second kappa shape index (κ2) is 8.73. The third kappa shape index (κ3) is 5.63. The van der Waals surface area contributed by atoms with Gasteiger partial charge in [-0.3, -0.25) is 9.78 Å². The fraction of sp³-hybridized carbons (Fsp3) is 0.524. The zero-order chi connectivity index (χ0) is 21.0. The molecule has 156 valence electrons. The summed E-state index contributed by atoms with van der Waals surface area (Å²) in [4.78, 5) is 33.4. The van der Waals surface area contributed by atoms with E-state index in [1.807, 2.05) is 26.8 Å². The minimum absolute atomic E-state index is 0.0159. The van der Waals surface area contributed by atoms with Gasteiger partial charge in [0.25, 0.3) is 0 Å². The lowest BCUT2D eigenvalue weighted by molar-refractivity contribution is -0.133. The Bertz CT molecular complexity index is 886. The SMILES string of the molecule is COc1ccc2nccc(CC(=O)C3CCC(NC(=O)OC(C)(C)C)CO3)c2n1. The molecule has 1 aliphatic rings. The molecule has 0 saturated carbocycles. The fourth-order valence-electron chi connectivity index (χ4n) is 3.21. The Morgan fingerprint density at radius 3 is 2.69 bits per heavy atom. The van der Waals surface area contributed by atoms with Crippen LogP contribution in [0.2, 0.25) is 0 Å². The molecule has 1 N–H and O–H groups in total. The van der Waals surface area contributed by atoms with E-state index in [1.54, 1.807) is 25.4 Å². The van der Waals surface area contributed by atoms with Crippen LogP contribution in [0.4, 0.5) is 4.79 Å². The van der Waals surface area contributed by atoms with Gasteiger partial charge in [0.1, 0.15) is 11.7 Å². The van der Waals surface area contributed by atoms with E-state index in [1.165, 1.54) is 0 Å². The maximum atomic E-state index is 12.8. The molecule has 3 heterocycles. The van der Waals surface area contributed by atoms with Crippen molar-refractivity contribution in [2.24, 2.45) is 0 Å². The summed E-state index contributed by atoms with van der Waals surface area (Å²) in [5.41, 5.74) is 1.60.